The van der Waals surface area contributed by atoms with Crippen molar-refractivity contribution in [3.05, 3.63) is 29.8 Å². The van der Waals surface area contributed by atoms with E-state index in [2.05, 4.69) is 30.5 Å². The number of nitrogens with two attached hydrogens (primary N) is 1. The molecule has 0 bridgehead atoms. The summed E-state index contributed by atoms with van der Waals surface area (Å²) in [5, 5.41) is 0. The van der Waals surface area contributed by atoms with Gasteiger partial charge in [0.2, 0.25) is 0 Å². The summed E-state index contributed by atoms with van der Waals surface area (Å²) in [4.78, 5) is 2.91. The predicted octanol–water partition coefficient (Wildman–Crippen LogP) is 2.92. The highest BCUT2D eigenvalue weighted by Gasteiger charge is 2.23. The molecule has 116 valence electrons. The van der Waals surface area contributed by atoms with Gasteiger partial charge in [-0.1, -0.05) is 26.1 Å². The van der Waals surface area contributed by atoms with E-state index >= 15 is 0 Å². The molecule has 1 fully saturated rings. The molecule has 21 heavy (non-hydrogen) atoms. The second kappa shape index (κ2) is 7.47. The second-order valence-electron chi connectivity index (χ2n) is 5.94. The van der Waals surface area contributed by atoms with E-state index in [-0.39, 0.29) is 0 Å². The molecular weight excluding hydrogens is 300 g/mol. The first kappa shape index (κ1) is 16.6. The lowest BCUT2D eigenvalue weighted by molar-refractivity contribution is 0.214. The van der Waals surface area contributed by atoms with Crippen molar-refractivity contribution < 1.29 is 4.74 Å². The highest BCUT2D eigenvalue weighted by Crippen LogP contribution is 2.30. The van der Waals surface area contributed by atoms with Gasteiger partial charge in [0.15, 0.2) is 0 Å². The normalized spacial score (nSPS) is 19.0. The van der Waals surface area contributed by atoms with Crippen LogP contribution in [0.2, 0.25) is 0 Å². The van der Waals surface area contributed by atoms with Gasteiger partial charge in [0.25, 0.3) is 0 Å². The summed E-state index contributed by atoms with van der Waals surface area (Å²) < 4.78 is 6.21. The minimum atomic E-state index is 0.409. The van der Waals surface area contributed by atoms with Crippen molar-refractivity contribution in [2.75, 3.05) is 32.0 Å². The molecule has 1 aromatic carbocycles. The van der Waals surface area contributed by atoms with Gasteiger partial charge in [0.05, 0.1) is 0 Å². The Morgan fingerprint density at radius 2 is 2.05 bits per heavy atom. The second-order valence-corrected chi connectivity index (χ2v) is 8.18. The Hall–Kier alpha value is -0.780. The first-order valence-corrected chi connectivity index (χ1v) is 8.75. The molecule has 5 heteroatoms. The van der Waals surface area contributed by atoms with E-state index in [4.69, 9.17) is 22.7 Å². The van der Waals surface area contributed by atoms with Gasteiger partial charge in [-0.25, -0.2) is 0 Å². The molecule has 2 N–H and O–H groups in total. The van der Waals surface area contributed by atoms with Crippen molar-refractivity contribution in [2.45, 2.75) is 25.0 Å². The SMILES string of the molecule is CC1(C)CCN(CCOc2ccc(C(N)=S)cc2)CCS1. The van der Waals surface area contributed by atoms with Gasteiger partial charge in [-0.2, -0.15) is 11.8 Å². The summed E-state index contributed by atoms with van der Waals surface area (Å²) in [5.74, 6) is 2.08. The van der Waals surface area contributed by atoms with E-state index in [0.717, 1.165) is 37.6 Å². The lowest BCUT2D eigenvalue weighted by Gasteiger charge is -2.22. The third kappa shape index (κ3) is 5.49. The number of ether oxygens (including phenoxy) is 1. The highest BCUT2D eigenvalue weighted by molar-refractivity contribution is 8.00. The zero-order chi connectivity index (χ0) is 15.3. The molecule has 1 heterocycles. The third-order valence-electron chi connectivity index (χ3n) is 3.75. The van der Waals surface area contributed by atoms with Crippen LogP contribution in [0.1, 0.15) is 25.8 Å². The Morgan fingerprint density at radius 1 is 1.33 bits per heavy atom. The maximum Gasteiger partial charge on any atom is 0.119 e. The van der Waals surface area contributed by atoms with Crippen LogP contribution in [-0.2, 0) is 0 Å². The van der Waals surface area contributed by atoms with E-state index < -0.39 is 0 Å². The summed E-state index contributed by atoms with van der Waals surface area (Å²) in [6.45, 7) is 8.68. The maximum atomic E-state index is 5.80. The Balaban J connectivity index is 1.75. The average molecular weight is 325 g/mol. The number of benzene rings is 1. The van der Waals surface area contributed by atoms with Crippen molar-refractivity contribution in [1.29, 1.82) is 0 Å². The van der Waals surface area contributed by atoms with Crippen molar-refractivity contribution in [1.82, 2.24) is 4.90 Å². The molecule has 0 saturated carbocycles. The van der Waals surface area contributed by atoms with Crippen LogP contribution in [0.25, 0.3) is 0 Å². The fourth-order valence-electron chi connectivity index (χ4n) is 2.29. The van der Waals surface area contributed by atoms with Crippen molar-refractivity contribution in [3.63, 3.8) is 0 Å². The van der Waals surface area contributed by atoms with Crippen molar-refractivity contribution >= 4 is 29.0 Å². The number of thiocarbonyl (C=S) groups is 1. The molecule has 0 radical (unpaired) electrons. The van der Waals surface area contributed by atoms with Crippen LogP contribution in [-0.4, -0.2) is 46.6 Å². The fourth-order valence-corrected chi connectivity index (χ4v) is 3.57. The lowest BCUT2D eigenvalue weighted by Crippen LogP contribution is -2.31. The molecule has 2 rings (SSSR count). The minimum Gasteiger partial charge on any atom is -0.492 e. The minimum absolute atomic E-state index is 0.409. The first-order chi connectivity index (χ1) is 9.96. The van der Waals surface area contributed by atoms with Gasteiger partial charge < -0.3 is 10.5 Å². The van der Waals surface area contributed by atoms with Crippen LogP contribution >= 0.6 is 24.0 Å². The van der Waals surface area contributed by atoms with Gasteiger partial charge in [0.1, 0.15) is 17.3 Å². The predicted molar refractivity (Wildman–Crippen MR) is 95.4 cm³/mol. The molecule has 0 spiro atoms. The van der Waals surface area contributed by atoms with E-state index in [1.54, 1.807) is 0 Å². The van der Waals surface area contributed by atoms with E-state index in [1.807, 2.05) is 24.3 Å². The zero-order valence-corrected chi connectivity index (χ0v) is 14.4. The van der Waals surface area contributed by atoms with Crippen LogP contribution in [0.4, 0.5) is 0 Å². The molecule has 0 unspecified atom stereocenters. The quantitative estimate of drug-likeness (QED) is 0.843. The van der Waals surface area contributed by atoms with E-state index in [9.17, 15) is 0 Å². The fraction of sp³-hybridized carbons (Fsp3) is 0.562. The van der Waals surface area contributed by atoms with Gasteiger partial charge in [0, 0.05) is 29.2 Å². The number of hydrogen-bond acceptors (Lipinski definition) is 4. The first-order valence-electron chi connectivity index (χ1n) is 7.35. The Bertz CT molecular complexity index is 474. The summed E-state index contributed by atoms with van der Waals surface area (Å²) in [6, 6.07) is 7.66. The van der Waals surface area contributed by atoms with E-state index in [1.165, 1.54) is 12.2 Å². The van der Waals surface area contributed by atoms with Crippen molar-refractivity contribution in [2.24, 2.45) is 5.73 Å². The van der Waals surface area contributed by atoms with Crippen LogP contribution in [0.3, 0.4) is 0 Å². The summed E-state index contributed by atoms with van der Waals surface area (Å²) >= 11 is 7.01. The molecule has 0 atom stereocenters. The Labute approximate surface area is 137 Å². The topological polar surface area (TPSA) is 38.5 Å². The van der Waals surface area contributed by atoms with Gasteiger partial charge in [-0.3, -0.25) is 4.90 Å². The lowest BCUT2D eigenvalue weighted by atomic mass is 10.1. The largest absolute Gasteiger partial charge is 0.492 e. The number of rotatable bonds is 5. The van der Waals surface area contributed by atoms with E-state index in [0.29, 0.717) is 9.74 Å². The van der Waals surface area contributed by atoms with Gasteiger partial charge >= 0.3 is 0 Å². The molecule has 1 aliphatic heterocycles. The molecule has 1 aliphatic rings. The summed E-state index contributed by atoms with van der Waals surface area (Å²) in [7, 11) is 0. The zero-order valence-electron chi connectivity index (χ0n) is 12.8. The summed E-state index contributed by atoms with van der Waals surface area (Å²) in [5.41, 5.74) is 6.46. The third-order valence-corrected chi connectivity index (χ3v) is 5.35. The Morgan fingerprint density at radius 3 is 2.71 bits per heavy atom. The smallest absolute Gasteiger partial charge is 0.119 e. The molecule has 1 saturated heterocycles. The highest BCUT2D eigenvalue weighted by atomic mass is 32.2. The van der Waals surface area contributed by atoms with Crippen LogP contribution in [0.15, 0.2) is 24.3 Å². The van der Waals surface area contributed by atoms with Gasteiger partial charge in [-0.15, -0.1) is 0 Å². The standard InChI is InChI=1S/C16H24N2OS2/c1-16(2)7-8-18(10-12-21-16)9-11-19-14-5-3-13(4-6-14)15(17)20/h3-6H,7-12H2,1-2H3,(H2,17,20). The average Bonchev–Trinajstić information content (AvgIpc) is 2.61. The molecule has 0 aromatic heterocycles. The molecule has 0 amide bonds. The number of nitrogens with zero attached hydrogens (tertiary/aromatic N) is 1. The molecule has 0 aliphatic carbocycles. The molecular formula is C16H24N2OS2. The monoisotopic (exact) mass is 324 g/mol. The van der Waals surface area contributed by atoms with Crippen LogP contribution in [0.5, 0.6) is 5.75 Å². The number of hydrogen-bond donors (Lipinski definition) is 1. The number of thioether (sulfide) groups is 1. The van der Waals surface area contributed by atoms with Crippen LogP contribution < -0.4 is 10.5 Å². The van der Waals surface area contributed by atoms with Crippen molar-refractivity contribution in [3.8, 4) is 5.75 Å². The Kier molecular flexibility index (Phi) is 5.90. The van der Waals surface area contributed by atoms with Crippen LogP contribution in [0, 0.1) is 0 Å². The van der Waals surface area contributed by atoms with Gasteiger partial charge in [-0.05, 0) is 37.2 Å². The molecule has 1 aromatic rings. The summed E-state index contributed by atoms with van der Waals surface area (Å²) in [6.07, 6.45) is 1.24. The maximum absolute atomic E-state index is 5.80. The molecule has 3 nitrogen and oxygen atoms in total.